The standard InChI is InChI=1S/C48H92O6/c1-4-7-10-13-16-18-19-20-21-22-23-24-25-26-27-28-29-30-33-35-38-41-47(50)53-44-45(43-52-46(49)40-37-34-31-15-12-9-6-3)54-48(51)42-39-36-32-17-14-11-8-5-2/h45H,4-44H2,1-3H3. The Labute approximate surface area is 336 Å². The highest BCUT2D eigenvalue weighted by Crippen LogP contribution is 2.16. The van der Waals surface area contributed by atoms with Gasteiger partial charge in [0, 0.05) is 19.3 Å². The van der Waals surface area contributed by atoms with Crippen molar-refractivity contribution in [1.82, 2.24) is 0 Å². The summed E-state index contributed by atoms with van der Waals surface area (Å²) in [6, 6.07) is 0. The van der Waals surface area contributed by atoms with Crippen molar-refractivity contribution in [2.75, 3.05) is 13.2 Å². The largest absolute Gasteiger partial charge is 0.462 e. The van der Waals surface area contributed by atoms with E-state index in [2.05, 4.69) is 20.8 Å². The molecule has 0 saturated carbocycles. The Balaban J connectivity index is 4.05. The van der Waals surface area contributed by atoms with Crippen LogP contribution in [0.3, 0.4) is 0 Å². The van der Waals surface area contributed by atoms with Gasteiger partial charge in [-0.25, -0.2) is 0 Å². The van der Waals surface area contributed by atoms with Gasteiger partial charge in [-0.15, -0.1) is 0 Å². The topological polar surface area (TPSA) is 78.9 Å². The van der Waals surface area contributed by atoms with Crippen LogP contribution in [-0.4, -0.2) is 37.2 Å². The molecule has 54 heavy (non-hydrogen) atoms. The number of ether oxygens (including phenoxy) is 3. The Bertz CT molecular complexity index is 798. The van der Waals surface area contributed by atoms with Gasteiger partial charge in [0.2, 0.25) is 0 Å². The number of carbonyl (C=O) groups is 3. The number of hydrogen-bond acceptors (Lipinski definition) is 6. The van der Waals surface area contributed by atoms with Crippen LogP contribution in [0.5, 0.6) is 0 Å². The highest BCUT2D eigenvalue weighted by molar-refractivity contribution is 5.71. The van der Waals surface area contributed by atoms with Crippen molar-refractivity contribution in [3.63, 3.8) is 0 Å². The fraction of sp³-hybridized carbons (Fsp3) is 0.938. The lowest BCUT2D eigenvalue weighted by atomic mass is 10.0. The highest BCUT2D eigenvalue weighted by Gasteiger charge is 2.19. The molecular formula is C48H92O6. The molecule has 0 aromatic rings. The van der Waals surface area contributed by atoms with E-state index in [0.29, 0.717) is 19.3 Å². The molecule has 0 saturated heterocycles. The van der Waals surface area contributed by atoms with Crippen LogP contribution in [0.25, 0.3) is 0 Å². The summed E-state index contributed by atoms with van der Waals surface area (Å²) in [5.41, 5.74) is 0. The van der Waals surface area contributed by atoms with Gasteiger partial charge in [-0.3, -0.25) is 14.4 Å². The Morgan fingerprint density at radius 3 is 0.741 bits per heavy atom. The molecule has 0 fully saturated rings. The second kappa shape index (κ2) is 44.1. The van der Waals surface area contributed by atoms with Crippen molar-refractivity contribution in [3.8, 4) is 0 Å². The van der Waals surface area contributed by atoms with Gasteiger partial charge in [0.25, 0.3) is 0 Å². The van der Waals surface area contributed by atoms with E-state index in [0.717, 1.165) is 57.8 Å². The molecule has 0 aliphatic heterocycles. The molecule has 0 aromatic heterocycles. The van der Waals surface area contributed by atoms with E-state index in [1.165, 1.54) is 173 Å². The monoisotopic (exact) mass is 765 g/mol. The molecular weight excluding hydrogens is 673 g/mol. The van der Waals surface area contributed by atoms with Crippen molar-refractivity contribution in [3.05, 3.63) is 0 Å². The molecule has 6 nitrogen and oxygen atoms in total. The van der Waals surface area contributed by atoms with Crippen LogP contribution in [0.15, 0.2) is 0 Å². The predicted molar refractivity (Wildman–Crippen MR) is 229 cm³/mol. The molecule has 0 rings (SSSR count). The Kier molecular flexibility index (Phi) is 42.8. The van der Waals surface area contributed by atoms with Gasteiger partial charge >= 0.3 is 17.9 Å². The minimum atomic E-state index is -0.756. The van der Waals surface area contributed by atoms with Crippen LogP contribution in [0, 0.1) is 0 Å². The number of hydrogen-bond donors (Lipinski definition) is 0. The van der Waals surface area contributed by atoms with Crippen molar-refractivity contribution in [1.29, 1.82) is 0 Å². The molecule has 320 valence electrons. The highest BCUT2D eigenvalue weighted by atomic mass is 16.6. The minimum absolute atomic E-state index is 0.0635. The predicted octanol–water partition coefficient (Wildman–Crippen LogP) is 15.3. The minimum Gasteiger partial charge on any atom is -0.462 e. The molecule has 1 atom stereocenters. The van der Waals surface area contributed by atoms with Crippen molar-refractivity contribution in [2.45, 2.75) is 277 Å². The van der Waals surface area contributed by atoms with E-state index in [9.17, 15) is 14.4 Å². The molecule has 6 heteroatoms. The van der Waals surface area contributed by atoms with Crippen LogP contribution >= 0.6 is 0 Å². The fourth-order valence-corrected chi connectivity index (χ4v) is 7.21. The molecule has 0 aliphatic carbocycles. The molecule has 0 amide bonds. The SMILES string of the molecule is CCCCCCCCCCCCCCCCCCCCCCCC(=O)OCC(COC(=O)CCCCCCCCC)OC(=O)CCCCCCCCCC. The van der Waals surface area contributed by atoms with Gasteiger partial charge in [0.15, 0.2) is 6.10 Å². The van der Waals surface area contributed by atoms with E-state index in [-0.39, 0.29) is 31.1 Å². The van der Waals surface area contributed by atoms with Crippen LogP contribution < -0.4 is 0 Å². The van der Waals surface area contributed by atoms with Crippen LogP contribution in [-0.2, 0) is 28.6 Å². The van der Waals surface area contributed by atoms with E-state index in [1.54, 1.807) is 0 Å². The second-order valence-electron chi connectivity index (χ2n) is 16.4. The van der Waals surface area contributed by atoms with Gasteiger partial charge in [0.1, 0.15) is 13.2 Å². The maximum atomic E-state index is 12.6. The van der Waals surface area contributed by atoms with E-state index in [1.807, 2.05) is 0 Å². The normalized spacial score (nSPS) is 11.8. The molecule has 1 unspecified atom stereocenters. The summed E-state index contributed by atoms with van der Waals surface area (Å²) >= 11 is 0. The van der Waals surface area contributed by atoms with Crippen LogP contribution in [0.4, 0.5) is 0 Å². The average Bonchev–Trinajstić information content (AvgIpc) is 3.17. The zero-order chi connectivity index (χ0) is 39.4. The lowest BCUT2D eigenvalue weighted by Gasteiger charge is -2.18. The maximum Gasteiger partial charge on any atom is 0.306 e. The Morgan fingerprint density at radius 1 is 0.296 bits per heavy atom. The first-order valence-corrected chi connectivity index (χ1v) is 24.0. The molecule has 0 radical (unpaired) electrons. The third-order valence-electron chi connectivity index (χ3n) is 10.9. The van der Waals surface area contributed by atoms with Gasteiger partial charge < -0.3 is 14.2 Å². The molecule has 0 heterocycles. The first-order chi connectivity index (χ1) is 26.5. The van der Waals surface area contributed by atoms with Gasteiger partial charge in [0.05, 0.1) is 0 Å². The summed E-state index contributed by atoms with van der Waals surface area (Å²) in [4.78, 5) is 37.5. The number of carbonyl (C=O) groups excluding carboxylic acids is 3. The number of esters is 3. The molecule has 0 N–H and O–H groups in total. The van der Waals surface area contributed by atoms with Crippen LogP contribution in [0.2, 0.25) is 0 Å². The summed E-state index contributed by atoms with van der Waals surface area (Å²) < 4.78 is 16.6. The zero-order valence-corrected chi connectivity index (χ0v) is 36.5. The van der Waals surface area contributed by atoms with E-state index < -0.39 is 6.10 Å². The fourth-order valence-electron chi connectivity index (χ4n) is 7.21. The summed E-state index contributed by atoms with van der Waals surface area (Å²) in [7, 11) is 0. The van der Waals surface area contributed by atoms with E-state index >= 15 is 0 Å². The Morgan fingerprint density at radius 2 is 0.500 bits per heavy atom. The zero-order valence-electron chi connectivity index (χ0n) is 36.5. The first-order valence-electron chi connectivity index (χ1n) is 24.0. The molecule has 0 aliphatic rings. The molecule has 0 spiro atoms. The molecule has 0 aromatic carbocycles. The maximum absolute atomic E-state index is 12.6. The lowest BCUT2D eigenvalue weighted by Crippen LogP contribution is -2.30. The van der Waals surface area contributed by atoms with Crippen molar-refractivity contribution < 1.29 is 28.6 Å². The summed E-state index contributed by atoms with van der Waals surface area (Å²) in [5, 5.41) is 0. The third kappa shape index (κ3) is 41.6. The van der Waals surface area contributed by atoms with Gasteiger partial charge in [-0.1, -0.05) is 233 Å². The number of rotatable bonds is 44. The smallest absolute Gasteiger partial charge is 0.306 e. The summed E-state index contributed by atoms with van der Waals surface area (Å²) in [6.07, 6.45) is 45.5. The van der Waals surface area contributed by atoms with Gasteiger partial charge in [-0.05, 0) is 19.3 Å². The van der Waals surface area contributed by atoms with Crippen LogP contribution in [0.1, 0.15) is 271 Å². The average molecular weight is 765 g/mol. The number of unbranched alkanes of at least 4 members (excludes halogenated alkanes) is 33. The third-order valence-corrected chi connectivity index (χ3v) is 10.9. The second-order valence-corrected chi connectivity index (χ2v) is 16.4. The van der Waals surface area contributed by atoms with Crippen molar-refractivity contribution >= 4 is 17.9 Å². The lowest BCUT2D eigenvalue weighted by molar-refractivity contribution is -0.167. The quantitative estimate of drug-likeness (QED) is 0.0349. The van der Waals surface area contributed by atoms with Crippen molar-refractivity contribution in [2.24, 2.45) is 0 Å². The summed E-state index contributed by atoms with van der Waals surface area (Å²) in [5.74, 6) is -0.862. The van der Waals surface area contributed by atoms with E-state index in [4.69, 9.17) is 14.2 Å². The first kappa shape index (κ1) is 52.4. The van der Waals surface area contributed by atoms with Gasteiger partial charge in [-0.2, -0.15) is 0 Å². The molecule has 0 bridgehead atoms. The summed E-state index contributed by atoms with van der Waals surface area (Å²) in [6.45, 7) is 6.59. The Hall–Kier alpha value is -1.59.